The Morgan fingerprint density at radius 1 is 1.35 bits per heavy atom. The normalized spacial score (nSPS) is 10.4. The van der Waals surface area contributed by atoms with Crippen molar-refractivity contribution in [1.82, 2.24) is 9.97 Å². The summed E-state index contributed by atoms with van der Waals surface area (Å²) in [5, 5.41) is 3.07. The van der Waals surface area contributed by atoms with Gasteiger partial charge in [0, 0.05) is 12.6 Å². The third-order valence-electron chi connectivity index (χ3n) is 2.28. The SMILES string of the molecule is CCNc1ncnc(Oc2cc(F)c(Cl)cc2Br)c1Br. The number of hydrogen-bond donors (Lipinski definition) is 1. The lowest BCUT2D eigenvalue weighted by Crippen LogP contribution is -2.02. The van der Waals surface area contributed by atoms with Gasteiger partial charge in [-0.15, -0.1) is 0 Å². The van der Waals surface area contributed by atoms with Crippen molar-refractivity contribution < 1.29 is 9.13 Å². The van der Waals surface area contributed by atoms with E-state index in [-0.39, 0.29) is 16.7 Å². The molecular formula is C12H9Br2ClFN3O. The van der Waals surface area contributed by atoms with E-state index >= 15 is 0 Å². The Balaban J connectivity index is 2.35. The van der Waals surface area contributed by atoms with Crippen LogP contribution in [0.3, 0.4) is 0 Å². The number of aromatic nitrogens is 2. The molecule has 1 N–H and O–H groups in total. The van der Waals surface area contributed by atoms with Gasteiger partial charge in [0.25, 0.3) is 0 Å². The molecule has 0 saturated carbocycles. The molecular weight excluding hydrogens is 416 g/mol. The minimum atomic E-state index is -0.568. The lowest BCUT2D eigenvalue weighted by molar-refractivity contribution is 0.451. The fourth-order valence-electron chi connectivity index (χ4n) is 1.40. The third-order valence-corrected chi connectivity index (χ3v) is 3.91. The number of halogens is 4. The first-order valence-electron chi connectivity index (χ1n) is 5.59. The molecule has 106 valence electrons. The Kier molecular flexibility index (Phi) is 5.17. The first kappa shape index (κ1) is 15.5. The number of rotatable bonds is 4. The van der Waals surface area contributed by atoms with E-state index in [0.29, 0.717) is 21.3 Å². The standard InChI is InChI=1S/C12H9Br2ClFN3O/c1-2-17-11-10(14)12(19-5-18-11)20-9-4-8(16)7(15)3-6(9)13/h3-5H,2H2,1H3,(H,17,18,19). The maximum Gasteiger partial charge on any atom is 0.238 e. The summed E-state index contributed by atoms with van der Waals surface area (Å²) < 4.78 is 20.1. The summed E-state index contributed by atoms with van der Waals surface area (Å²) in [7, 11) is 0. The fraction of sp³-hybridized carbons (Fsp3) is 0.167. The van der Waals surface area contributed by atoms with E-state index in [2.05, 4.69) is 47.1 Å². The van der Waals surface area contributed by atoms with Gasteiger partial charge in [-0.2, -0.15) is 0 Å². The summed E-state index contributed by atoms with van der Waals surface area (Å²) >= 11 is 12.3. The molecule has 0 aliphatic heterocycles. The van der Waals surface area contributed by atoms with Crippen LogP contribution in [-0.2, 0) is 0 Å². The maximum absolute atomic E-state index is 13.5. The molecule has 0 amide bonds. The van der Waals surface area contributed by atoms with Crippen molar-refractivity contribution in [2.24, 2.45) is 0 Å². The molecule has 2 aromatic rings. The molecule has 0 fully saturated rings. The van der Waals surface area contributed by atoms with Crippen molar-refractivity contribution in [2.75, 3.05) is 11.9 Å². The monoisotopic (exact) mass is 423 g/mol. The Morgan fingerprint density at radius 3 is 2.80 bits per heavy atom. The molecule has 0 atom stereocenters. The van der Waals surface area contributed by atoms with Gasteiger partial charge in [-0.05, 0) is 44.8 Å². The Labute approximate surface area is 137 Å². The highest BCUT2D eigenvalue weighted by Crippen LogP contribution is 2.37. The molecule has 0 aliphatic rings. The van der Waals surface area contributed by atoms with Crippen molar-refractivity contribution in [2.45, 2.75) is 6.92 Å². The van der Waals surface area contributed by atoms with Crippen LogP contribution in [0.5, 0.6) is 11.6 Å². The van der Waals surface area contributed by atoms with Gasteiger partial charge < -0.3 is 10.1 Å². The maximum atomic E-state index is 13.5. The van der Waals surface area contributed by atoms with Crippen molar-refractivity contribution >= 4 is 49.3 Å². The van der Waals surface area contributed by atoms with Gasteiger partial charge in [0.2, 0.25) is 5.88 Å². The summed E-state index contributed by atoms with van der Waals surface area (Å²) in [4.78, 5) is 8.08. The molecule has 0 unspecified atom stereocenters. The van der Waals surface area contributed by atoms with Crippen molar-refractivity contribution in [3.63, 3.8) is 0 Å². The molecule has 4 nitrogen and oxygen atoms in total. The van der Waals surface area contributed by atoms with Gasteiger partial charge in [-0.3, -0.25) is 0 Å². The van der Waals surface area contributed by atoms with E-state index in [1.807, 2.05) is 6.92 Å². The lowest BCUT2D eigenvalue weighted by atomic mass is 10.3. The number of hydrogen-bond acceptors (Lipinski definition) is 4. The number of nitrogens with zero attached hydrogens (tertiary/aromatic N) is 2. The fourth-order valence-corrected chi connectivity index (χ4v) is 2.55. The quantitative estimate of drug-likeness (QED) is 0.699. The van der Waals surface area contributed by atoms with Crippen LogP contribution in [-0.4, -0.2) is 16.5 Å². The summed E-state index contributed by atoms with van der Waals surface area (Å²) in [6.07, 6.45) is 1.36. The minimum Gasteiger partial charge on any atom is -0.436 e. The third kappa shape index (κ3) is 3.39. The van der Waals surface area contributed by atoms with Crippen LogP contribution in [0.25, 0.3) is 0 Å². The van der Waals surface area contributed by atoms with Crippen LogP contribution in [0.4, 0.5) is 10.2 Å². The molecule has 0 radical (unpaired) electrons. The summed E-state index contributed by atoms with van der Waals surface area (Å²) in [5.74, 6) is 0.581. The van der Waals surface area contributed by atoms with Crippen LogP contribution < -0.4 is 10.1 Å². The smallest absolute Gasteiger partial charge is 0.238 e. The minimum absolute atomic E-state index is 0.0133. The number of ether oxygens (including phenoxy) is 1. The van der Waals surface area contributed by atoms with E-state index < -0.39 is 5.82 Å². The molecule has 1 heterocycles. The van der Waals surface area contributed by atoms with Crippen molar-refractivity contribution in [1.29, 1.82) is 0 Å². The molecule has 1 aromatic carbocycles. The average Bonchev–Trinajstić information content (AvgIpc) is 2.40. The predicted octanol–water partition coefficient (Wildman–Crippen LogP) is 5.02. The zero-order valence-corrected chi connectivity index (χ0v) is 14.2. The number of nitrogens with one attached hydrogen (secondary N) is 1. The van der Waals surface area contributed by atoms with Crippen LogP contribution in [0.2, 0.25) is 5.02 Å². The second kappa shape index (κ2) is 6.69. The van der Waals surface area contributed by atoms with Gasteiger partial charge in [0.1, 0.15) is 28.2 Å². The van der Waals surface area contributed by atoms with Gasteiger partial charge in [-0.25, -0.2) is 14.4 Å². The topological polar surface area (TPSA) is 47.0 Å². The number of anilines is 1. The summed E-state index contributed by atoms with van der Waals surface area (Å²) in [6.45, 7) is 2.65. The zero-order chi connectivity index (χ0) is 14.7. The van der Waals surface area contributed by atoms with Gasteiger partial charge in [0.15, 0.2) is 0 Å². The second-order valence-corrected chi connectivity index (χ2v) is 5.73. The molecule has 20 heavy (non-hydrogen) atoms. The van der Waals surface area contributed by atoms with Gasteiger partial charge in [0.05, 0.1) is 9.50 Å². The van der Waals surface area contributed by atoms with Crippen molar-refractivity contribution in [3.8, 4) is 11.6 Å². The number of benzene rings is 1. The lowest BCUT2D eigenvalue weighted by Gasteiger charge is -2.11. The summed E-state index contributed by atoms with van der Waals surface area (Å²) in [6, 6.07) is 2.61. The Morgan fingerprint density at radius 2 is 2.10 bits per heavy atom. The first-order chi connectivity index (χ1) is 9.52. The van der Waals surface area contributed by atoms with Crippen LogP contribution in [0, 0.1) is 5.82 Å². The highest BCUT2D eigenvalue weighted by atomic mass is 79.9. The van der Waals surface area contributed by atoms with Crippen molar-refractivity contribution in [3.05, 3.63) is 38.2 Å². The molecule has 0 bridgehead atoms. The summed E-state index contributed by atoms with van der Waals surface area (Å²) in [5.41, 5.74) is 0. The van der Waals surface area contributed by atoms with E-state index in [9.17, 15) is 4.39 Å². The van der Waals surface area contributed by atoms with Crippen LogP contribution in [0.15, 0.2) is 27.4 Å². The first-order valence-corrected chi connectivity index (χ1v) is 7.56. The van der Waals surface area contributed by atoms with E-state index in [1.54, 1.807) is 0 Å². The molecule has 2 rings (SSSR count). The van der Waals surface area contributed by atoms with Gasteiger partial charge >= 0.3 is 0 Å². The Hall–Kier alpha value is -0.920. The molecule has 0 aliphatic carbocycles. The van der Waals surface area contributed by atoms with E-state index in [4.69, 9.17) is 16.3 Å². The van der Waals surface area contributed by atoms with Crippen LogP contribution in [0.1, 0.15) is 6.92 Å². The van der Waals surface area contributed by atoms with E-state index in [0.717, 1.165) is 0 Å². The molecule has 0 spiro atoms. The van der Waals surface area contributed by atoms with Crippen LogP contribution >= 0.6 is 43.5 Å². The molecule has 8 heteroatoms. The molecule has 1 aromatic heterocycles. The zero-order valence-electron chi connectivity index (χ0n) is 10.3. The average molecular weight is 425 g/mol. The Bertz CT molecular complexity index is 642. The second-order valence-electron chi connectivity index (χ2n) is 3.67. The molecule has 0 saturated heterocycles. The van der Waals surface area contributed by atoms with Gasteiger partial charge in [-0.1, -0.05) is 11.6 Å². The predicted molar refractivity (Wildman–Crippen MR) is 83.1 cm³/mol. The van der Waals surface area contributed by atoms with E-state index in [1.165, 1.54) is 18.5 Å². The largest absolute Gasteiger partial charge is 0.436 e. The highest BCUT2D eigenvalue weighted by molar-refractivity contribution is 9.11. The highest BCUT2D eigenvalue weighted by Gasteiger charge is 2.14.